The van der Waals surface area contributed by atoms with Crippen molar-refractivity contribution >= 4 is 0 Å². The first-order valence-corrected chi connectivity index (χ1v) is 7.06. The molecule has 21 heavy (non-hydrogen) atoms. The Morgan fingerprint density at radius 1 is 1.00 bits per heavy atom. The van der Waals surface area contributed by atoms with Gasteiger partial charge in [-0.1, -0.05) is 18.2 Å². The van der Waals surface area contributed by atoms with Gasteiger partial charge in [0.15, 0.2) is 11.6 Å². The molecule has 2 aromatic rings. The molecule has 1 saturated carbocycles. The fraction of sp³-hybridized carbons (Fsp3) is 0.294. The molecule has 2 aromatic carbocycles. The van der Waals surface area contributed by atoms with E-state index in [-0.39, 0.29) is 6.04 Å². The highest BCUT2D eigenvalue weighted by Gasteiger charge is 2.23. The van der Waals surface area contributed by atoms with E-state index in [2.05, 4.69) is 5.32 Å². The van der Waals surface area contributed by atoms with E-state index in [0.717, 1.165) is 30.2 Å². The van der Waals surface area contributed by atoms with Crippen LogP contribution in [0.15, 0.2) is 42.5 Å². The molecule has 0 heterocycles. The summed E-state index contributed by atoms with van der Waals surface area (Å²) < 4.78 is 32.1. The van der Waals surface area contributed by atoms with Crippen molar-refractivity contribution in [1.29, 1.82) is 0 Å². The maximum atomic E-state index is 13.4. The first kappa shape index (κ1) is 14.0. The van der Waals surface area contributed by atoms with Gasteiger partial charge < -0.3 is 10.1 Å². The maximum absolute atomic E-state index is 13.4. The molecule has 110 valence electrons. The van der Waals surface area contributed by atoms with E-state index in [4.69, 9.17) is 4.74 Å². The number of hydrogen-bond acceptors (Lipinski definition) is 2. The van der Waals surface area contributed by atoms with Crippen molar-refractivity contribution in [2.45, 2.75) is 25.0 Å². The summed E-state index contributed by atoms with van der Waals surface area (Å²) in [7, 11) is 1.79. The summed E-state index contributed by atoms with van der Waals surface area (Å²) in [5.41, 5.74) is 1.67. The normalized spacial score (nSPS) is 15.8. The average Bonchev–Trinajstić information content (AvgIpc) is 3.29. The van der Waals surface area contributed by atoms with Gasteiger partial charge in [0.25, 0.3) is 0 Å². The van der Waals surface area contributed by atoms with Gasteiger partial charge in [-0.15, -0.1) is 0 Å². The number of ether oxygens (including phenoxy) is 1. The van der Waals surface area contributed by atoms with Crippen LogP contribution in [0, 0.1) is 11.6 Å². The van der Waals surface area contributed by atoms with Gasteiger partial charge in [0, 0.05) is 0 Å². The molecule has 1 aliphatic rings. The van der Waals surface area contributed by atoms with Crippen LogP contribution in [-0.4, -0.2) is 13.2 Å². The van der Waals surface area contributed by atoms with Crippen molar-refractivity contribution in [3.05, 3.63) is 65.2 Å². The Hall–Kier alpha value is -1.94. The highest BCUT2D eigenvalue weighted by molar-refractivity contribution is 5.36. The van der Waals surface area contributed by atoms with Gasteiger partial charge in [0.2, 0.25) is 0 Å². The van der Waals surface area contributed by atoms with Crippen LogP contribution in [0.5, 0.6) is 5.75 Å². The molecule has 1 N–H and O–H groups in total. The van der Waals surface area contributed by atoms with Crippen molar-refractivity contribution in [3.63, 3.8) is 0 Å². The Morgan fingerprint density at radius 3 is 2.24 bits per heavy atom. The molecule has 2 nitrogen and oxygen atoms in total. The molecule has 0 saturated heterocycles. The summed E-state index contributed by atoms with van der Waals surface area (Å²) >= 11 is 0. The smallest absolute Gasteiger partial charge is 0.159 e. The lowest BCUT2D eigenvalue weighted by molar-refractivity contribution is 0.303. The van der Waals surface area contributed by atoms with Crippen LogP contribution in [0.2, 0.25) is 0 Å². The predicted octanol–water partition coefficient (Wildman–Crippen LogP) is 3.81. The third kappa shape index (κ3) is 3.22. The Morgan fingerprint density at radius 2 is 1.67 bits per heavy atom. The van der Waals surface area contributed by atoms with Crippen molar-refractivity contribution in [3.8, 4) is 5.75 Å². The van der Waals surface area contributed by atoms with Crippen LogP contribution in [0.1, 0.15) is 30.0 Å². The molecular weight excluding hydrogens is 272 g/mol. The Labute approximate surface area is 122 Å². The summed E-state index contributed by atoms with van der Waals surface area (Å²) in [5, 5.41) is 3.12. The lowest BCUT2D eigenvalue weighted by Crippen LogP contribution is -2.18. The van der Waals surface area contributed by atoms with E-state index in [1.54, 1.807) is 13.1 Å². The van der Waals surface area contributed by atoms with Gasteiger partial charge in [-0.25, -0.2) is 8.78 Å². The fourth-order valence-electron chi connectivity index (χ4n) is 2.33. The van der Waals surface area contributed by atoms with Crippen LogP contribution in [0.25, 0.3) is 0 Å². The van der Waals surface area contributed by atoms with Gasteiger partial charge in [-0.2, -0.15) is 0 Å². The zero-order valence-corrected chi connectivity index (χ0v) is 11.8. The van der Waals surface area contributed by atoms with Crippen LogP contribution < -0.4 is 10.1 Å². The number of hydrogen-bond donors (Lipinski definition) is 1. The molecule has 0 bridgehead atoms. The zero-order chi connectivity index (χ0) is 14.8. The molecule has 1 fully saturated rings. The third-order valence-electron chi connectivity index (χ3n) is 3.61. The number of benzene rings is 2. The zero-order valence-electron chi connectivity index (χ0n) is 11.8. The third-order valence-corrected chi connectivity index (χ3v) is 3.61. The minimum atomic E-state index is -0.832. The molecule has 0 spiro atoms. The van der Waals surface area contributed by atoms with Crippen LogP contribution in [-0.2, 0) is 0 Å². The fourth-order valence-corrected chi connectivity index (χ4v) is 2.33. The van der Waals surface area contributed by atoms with E-state index >= 15 is 0 Å². The monoisotopic (exact) mass is 289 g/mol. The van der Waals surface area contributed by atoms with Crippen molar-refractivity contribution in [1.82, 2.24) is 5.32 Å². The van der Waals surface area contributed by atoms with Crippen LogP contribution in [0.3, 0.4) is 0 Å². The average molecular weight is 289 g/mol. The highest BCUT2D eigenvalue weighted by atomic mass is 19.2. The summed E-state index contributed by atoms with van der Waals surface area (Å²) in [6.45, 7) is 0. The van der Waals surface area contributed by atoms with Gasteiger partial charge in [-0.05, 0) is 55.3 Å². The molecule has 4 heteroatoms. The second-order valence-electron chi connectivity index (χ2n) is 5.28. The summed E-state index contributed by atoms with van der Waals surface area (Å²) in [5.74, 6) is -0.815. The minimum absolute atomic E-state index is 0.185. The number of rotatable bonds is 5. The van der Waals surface area contributed by atoms with E-state index in [0.29, 0.717) is 11.7 Å². The topological polar surface area (TPSA) is 21.3 Å². The first-order valence-electron chi connectivity index (χ1n) is 7.06. The van der Waals surface area contributed by atoms with Gasteiger partial charge in [0.1, 0.15) is 5.75 Å². The molecule has 1 aliphatic carbocycles. The predicted molar refractivity (Wildman–Crippen MR) is 77.4 cm³/mol. The molecule has 3 rings (SSSR count). The molecule has 0 aliphatic heterocycles. The van der Waals surface area contributed by atoms with E-state index in [1.165, 1.54) is 6.07 Å². The van der Waals surface area contributed by atoms with E-state index in [1.807, 2.05) is 24.3 Å². The second kappa shape index (κ2) is 5.82. The number of nitrogens with one attached hydrogen (secondary N) is 1. The number of halogens is 2. The molecule has 0 amide bonds. The van der Waals surface area contributed by atoms with E-state index < -0.39 is 11.6 Å². The molecule has 1 unspecified atom stereocenters. The second-order valence-corrected chi connectivity index (χ2v) is 5.28. The first-order chi connectivity index (χ1) is 10.2. The Balaban J connectivity index is 1.82. The summed E-state index contributed by atoms with van der Waals surface area (Å²) in [6.07, 6.45) is 2.60. The molecule has 1 atom stereocenters. The molecule has 0 radical (unpaired) electrons. The lowest BCUT2D eigenvalue weighted by atomic mass is 9.98. The molecular formula is C17H17F2NO. The van der Waals surface area contributed by atoms with E-state index in [9.17, 15) is 8.78 Å². The maximum Gasteiger partial charge on any atom is 0.159 e. The van der Waals surface area contributed by atoms with Gasteiger partial charge in [0.05, 0.1) is 12.1 Å². The van der Waals surface area contributed by atoms with Crippen molar-refractivity contribution in [2.75, 3.05) is 7.05 Å². The molecule has 0 aromatic heterocycles. The van der Waals surface area contributed by atoms with Gasteiger partial charge in [-0.3, -0.25) is 0 Å². The largest absolute Gasteiger partial charge is 0.490 e. The van der Waals surface area contributed by atoms with Crippen LogP contribution in [0.4, 0.5) is 8.78 Å². The standard InChI is InChI=1S/C17H17F2NO/c1-20-17(12-4-9-15(18)16(19)10-12)11-2-5-13(6-3-11)21-14-7-8-14/h2-6,9-10,14,17,20H,7-8H2,1H3. The Kier molecular flexibility index (Phi) is 3.88. The van der Waals surface area contributed by atoms with Crippen LogP contribution >= 0.6 is 0 Å². The Bertz CT molecular complexity index is 623. The lowest BCUT2D eigenvalue weighted by Gasteiger charge is -2.18. The van der Waals surface area contributed by atoms with Crippen molar-refractivity contribution < 1.29 is 13.5 Å². The van der Waals surface area contributed by atoms with Crippen molar-refractivity contribution in [2.24, 2.45) is 0 Å². The highest BCUT2D eigenvalue weighted by Crippen LogP contribution is 2.29. The summed E-state index contributed by atoms with van der Waals surface area (Å²) in [4.78, 5) is 0. The minimum Gasteiger partial charge on any atom is -0.490 e. The quantitative estimate of drug-likeness (QED) is 0.903. The SMILES string of the molecule is CNC(c1ccc(OC2CC2)cc1)c1ccc(F)c(F)c1. The summed E-state index contributed by atoms with van der Waals surface area (Å²) in [6, 6.07) is 11.5. The van der Waals surface area contributed by atoms with Gasteiger partial charge >= 0.3 is 0 Å².